The molecule has 0 radical (unpaired) electrons. The first-order valence-electron chi connectivity index (χ1n) is 7.83. The third-order valence-electron chi connectivity index (χ3n) is 3.98. The SMILES string of the molecule is CSc1nc2ccccc2c(Nc2ccc3c(c2)OCCO3)c1C#N. The normalized spacial score (nSPS) is 12.6. The van der Waals surface area contributed by atoms with Crippen molar-refractivity contribution in [2.75, 3.05) is 24.8 Å². The Bertz CT molecular complexity index is 998. The molecule has 0 atom stereocenters. The van der Waals surface area contributed by atoms with Crippen molar-refractivity contribution in [1.29, 1.82) is 5.26 Å². The fourth-order valence-corrected chi connectivity index (χ4v) is 3.38. The topological polar surface area (TPSA) is 67.2 Å². The van der Waals surface area contributed by atoms with E-state index in [4.69, 9.17) is 9.47 Å². The van der Waals surface area contributed by atoms with Gasteiger partial charge in [-0.1, -0.05) is 18.2 Å². The summed E-state index contributed by atoms with van der Waals surface area (Å²) in [7, 11) is 0. The fraction of sp³-hybridized carbons (Fsp3) is 0.158. The highest BCUT2D eigenvalue weighted by Crippen LogP contribution is 2.37. The zero-order valence-corrected chi connectivity index (χ0v) is 14.4. The Morgan fingerprint density at radius 2 is 1.92 bits per heavy atom. The van der Waals surface area contributed by atoms with Crippen LogP contribution in [0, 0.1) is 11.3 Å². The molecule has 0 bridgehead atoms. The van der Waals surface area contributed by atoms with Crippen molar-refractivity contribution < 1.29 is 9.47 Å². The van der Waals surface area contributed by atoms with Crippen LogP contribution < -0.4 is 14.8 Å². The van der Waals surface area contributed by atoms with Crippen molar-refractivity contribution in [2.45, 2.75) is 5.03 Å². The van der Waals surface area contributed by atoms with Crippen molar-refractivity contribution in [2.24, 2.45) is 0 Å². The van der Waals surface area contributed by atoms with Gasteiger partial charge in [0, 0.05) is 17.1 Å². The predicted octanol–water partition coefficient (Wildman–Crippen LogP) is 4.34. The number of aromatic nitrogens is 1. The zero-order valence-electron chi connectivity index (χ0n) is 13.6. The van der Waals surface area contributed by atoms with E-state index in [9.17, 15) is 5.26 Å². The van der Waals surface area contributed by atoms with Gasteiger partial charge in [-0.05, 0) is 24.5 Å². The van der Waals surface area contributed by atoms with Gasteiger partial charge in [0.25, 0.3) is 0 Å². The van der Waals surface area contributed by atoms with Gasteiger partial charge in [0.2, 0.25) is 0 Å². The van der Waals surface area contributed by atoms with Crippen LogP contribution in [-0.2, 0) is 0 Å². The number of hydrogen-bond acceptors (Lipinski definition) is 6. The van der Waals surface area contributed by atoms with Gasteiger partial charge in [0.1, 0.15) is 29.9 Å². The summed E-state index contributed by atoms with van der Waals surface area (Å²) in [6.45, 7) is 1.10. The molecule has 5 nitrogen and oxygen atoms in total. The van der Waals surface area contributed by atoms with E-state index in [1.54, 1.807) is 0 Å². The number of benzene rings is 2. The maximum absolute atomic E-state index is 9.67. The molecule has 0 unspecified atom stereocenters. The van der Waals surface area contributed by atoms with Crippen LogP contribution in [-0.4, -0.2) is 24.5 Å². The number of para-hydroxylation sites is 1. The number of hydrogen-bond donors (Lipinski definition) is 1. The van der Waals surface area contributed by atoms with Gasteiger partial charge < -0.3 is 14.8 Å². The molecule has 0 amide bonds. The fourth-order valence-electron chi connectivity index (χ4n) is 2.84. The third-order valence-corrected chi connectivity index (χ3v) is 4.66. The summed E-state index contributed by atoms with van der Waals surface area (Å²) in [5.41, 5.74) is 2.99. The summed E-state index contributed by atoms with van der Waals surface area (Å²) < 4.78 is 11.2. The molecule has 0 fully saturated rings. The second kappa shape index (κ2) is 6.54. The molecular weight excluding hydrogens is 334 g/mol. The quantitative estimate of drug-likeness (QED) is 0.709. The van der Waals surface area contributed by atoms with Crippen molar-refractivity contribution in [3.63, 3.8) is 0 Å². The number of nitrogens with one attached hydrogen (secondary N) is 1. The number of pyridine rings is 1. The molecule has 0 saturated heterocycles. The standard InChI is InChI=1S/C19H15N3O2S/c1-25-19-14(11-20)18(13-4-2-3-5-15(13)22-19)21-12-6-7-16-17(10-12)24-9-8-23-16/h2-7,10H,8-9H2,1H3,(H,21,22). The molecule has 0 aliphatic carbocycles. The Hall–Kier alpha value is -2.91. The highest BCUT2D eigenvalue weighted by atomic mass is 32.2. The van der Waals surface area contributed by atoms with Gasteiger partial charge in [-0.15, -0.1) is 11.8 Å². The second-order valence-electron chi connectivity index (χ2n) is 5.48. The summed E-state index contributed by atoms with van der Waals surface area (Å²) >= 11 is 1.46. The van der Waals surface area contributed by atoms with Gasteiger partial charge in [-0.25, -0.2) is 4.98 Å². The minimum absolute atomic E-state index is 0.536. The number of fused-ring (bicyclic) bond motifs is 2. The third kappa shape index (κ3) is 2.83. The molecule has 2 aromatic carbocycles. The van der Waals surface area contributed by atoms with Crippen LogP contribution in [0.2, 0.25) is 0 Å². The molecule has 2 heterocycles. The second-order valence-corrected chi connectivity index (χ2v) is 6.28. The molecule has 4 rings (SSSR count). The molecule has 3 aromatic rings. The Kier molecular flexibility index (Phi) is 4.08. The van der Waals surface area contributed by atoms with Crippen LogP contribution in [0.5, 0.6) is 11.5 Å². The van der Waals surface area contributed by atoms with E-state index < -0.39 is 0 Å². The number of ether oxygens (including phenoxy) is 2. The first-order chi connectivity index (χ1) is 12.3. The molecule has 1 aromatic heterocycles. The van der Waals surface area contributed by atoms with E-state index in [1.165, 1.54) is 11.8 Å². The van der Waals surface area contributed by atoms with Crippen molar-refractivity contribution in [3.05, 3.63) is 48.0 Å². The lowest BCUT2D eigenvalue weighted by atomic mass is 10.1. The largest absolute Gasteiger partial charge is 0.486 e. The van der Waals surface area contributed by atoms with E-state index >= 15 is 0 Å². The van der Waals surface area contributed by atoms with Crippen LogP contribution in [0.25, 0.3) is 10.9 Å². The smallest absolute Gasteiger partial charge is 0.163 e. The lowest BCUT2D eigenvalue weighted by Gasteiger charge is -2.20. The van der Waals surface area contributed by atoms with Crippen LogP contribution in [0.3, 0.4) is 0 Å². The summed E-state index contributed by atoms with van der Waals surface area (Å²) in [6, 6.07) is 15.8. The molecule has 25 heavy (non-hydrogen) atoms. The summed E-state index contributed by atoms with van der Waals surface area (Å²) in [5.74, 6) is 1.44. The molecule has 0 spiro atoms. The highest BCUT2D eigenvalue weighted by Gasteiger charge is 2.16. The van der Waals surface area contributed by atoms with E-state index in [0.29, 0.717) is 29.6 Å². The minimum atomic E-state index is 0.536. The predicted molar refractivity (Wildman–Crippen MR) is 99.0 cm³/mol. The van der Waals surface area contributed by atoms with Crippen LogP contribution in [0.1, 0.15) is 5.56 Å². The van der Waals surface area contributed by atoms with Crippen molar-refractivity contribution in [1.82, 2.24) is 4.98 Å². The number of nitriles is 1. The Labute approximate surface area is 149 Å². The average molecular weight is 349 g/mol. The maximum Gasteiger partial charge on any atom is 0.163 e. The van der Waals surface area contributed by atoms with Crippen LogP contribution in [0.4, 0.5) is 11.4 Å². The molecule has 0 saturated carbocycles. The zero-order chi connectivity index (χ0) is 17.2. The molecule has 1 aliphatic rings. The maximum atomic E-state index is 9.67. The minimum Gasteiger partial charge on any atom is -0.486 e. The lowest BCUT2D eigenvalue weighted by Crippen LogP contribution is -2.15. The molecule has 6 heteroatoms. The Balaban J connectivity index is 1.84. The van der Waals surface area contributed by atoms with Gasteiger partial charge in [0.05, 0.1) is 11.2 Å². The Morgan fingerprint density at radius 3 is 2.72 bits per heavy atom. The average Bonchev–Trinajstić information content (AvgIpc) is 2.67. The van der Waals surface area contributed by atoms with E-state index in [1.807, 2.05) is 48.7 Å². The van der Waals surface area contributed by atoms with E-state index in [2.05, 4.69) is 16.4 Å². The number of thioether (sulfide) groups is 1. The van der Waals surface area contributed by atoms with E-state index in [-0.39, 0.29) is 0 Å². The van der Waals surface area contributed by atoms with Gasteiger partial charge in [-0.3, -0.25) is 0 Å². The van der Waals surface area contributed by atoms with Crippen LogP contribution in [0.15, 0.2) is 47.5 Å². The number of anilines is 2. The summed E-state index contributed by atoms with van der Waals surface area (Å²) in [5, 5.41) is 14.7. The Morgan fingerprint density at radius 1 is 1.12 bits per heavy atom. The van der Waals surface area contributed by atoms with Gasteiger partial charge in [-0.2, -0.15) is 5.26 Å². The summed E-state index contributed by atoms with van der Waals surface area (Å²) in [4.78, 5) is 4.59. The monoisotopic (exact) mass is 349 g/mol. The molecule has 1 aliphatic heterocycles. The van der Waals surface area contributed by atoms with Crippen molar-refractivity contribution >= 4 is 34.0 Å². The molecule has 124 valence electrons. The molecule has 1 N–H and O–H groups in total. The highest BCUT2D eigenvalue weighted by molar-refractivity contribution is 7.98. The van der Waals surface area contributed by atoms with Gasteiger partial charge in [0.15, 0.2) is 11.5 Å². The lowest BCUT2D eigenvalue weighted by molar-refractivity contribution is 0.171. The first-order valence-corrected chi connectivity index (χ1v) is 9.06. The van der Waals surface area contributed by atoms with Gasteiger partial charge >= 0.3 is 0 Å². The molecular formula is C19H15N3O2S. The van der Waals surface area contributed by atoms with Crippen LogP contribution >= 0.6 is 11.8 Å². The van der Waals surface area contributed by atoms with E-state index in [0.717, 1.165) is 28.0 Å². The number of rotatable bonds is 3. The first kappa shape index (κ1) is 15.6. The van der Waals surface area contributed by atoms with Crippen molar-refractivity contribution in [3.8, 4) is 17.6 Å². The number of nitrogens with zero attached hydrogens (tertiary/aromatic N) is 2. The summed E-state index contributed by atoms with van der Waals surface area (Å²) in [6.07, 6.45) is 1.92.